The van der Waals surface area contributed by atoms with E-state index in [0.29, 0.717) is 16.5 Å². The third-order valence-electron chi connectivity index (χ3n) is 5.12. The van der Waals surface area contributed by atoms with E-state index in [0.717, 1.165) is 17.0 Å². The second kappa shape index (κ2) is 7.92. The molecule has 1 N–H and O–H groups in total. The van der Waals surface area contributed by atoms with Gasteiger partial charge < -0.3 is 9.84 Å². The Morgan fingerprint density at radius 3 is 2.35 bits per heavy atom. The first-order valence-electron chi connectivity index (χ1n) is 9.20. The van der Waals surface area contributed by atoms with Gasteiger partial charge in [-0.25, -0.2) is 9.69 Å². The van der Waals surface area contributed by atoms with Crippen molar-refractivity contribution in [2.45, 2.75) is 25.6 Å². The van der Waals surface area contributed by atoms with Crippen molar-refractivity contribution in [2.24, 2.45) is 0 Å². The molecule has 0 spiro atoms. The van der Waals surface area contributed by atoms with Crippen LogP contribution >= 0.6 is 0 Å². The summed E-state index contributed by atoms with van der Waals surface area (Å²) in [5, 5.41) is 18.6. The number of imide groups is 1. The monoisotopic (exact) mass is 433 g/mol. The van der Waals surface area contributed by atoms with Crippen LogP contribution in [0.4, 0.5) is 23.7 Å². The van der Waals surface area contributed by atoms with E-state index in [1.165, 1.54) is 37.3 Å². The Morgan fingerprint density at radius 1 is 1.16 bits per heavy atom. The first-order chi connectivity index (χ1) is 14.6. The number of hydrogen-bond donors (Lipinski definition) is 1. The van der Waals surface area contributed by atoms with Crippen molar-refractivity contribution in [1.82, 2.24) is 4.90 Å². The second-order valence-corrected chi connectivity index (χ2v) is 6.93. The van der Waals surface area contributed by atoms with Gasteiger partial charge in [0.25, 0.3) is 5.91 Å². The third kappa shape index (κ3) is 3.68. The smallest absolute Gasteiger partial charge is 0.417 e. The standard InChI is InChI=1S/C21H18F3N3O4/c1-3-31-12-26-19(30)27(15-7-4-13(11-25)17(10-15)21(22,23)24)18(29)20(26,2)14-5-8-16(28)9-6-14/h4-10,28H,3,12H2,1-2H3. The fraction of sp³-hybridized carbons (Fsp3) is 0.286. The fourth-order valence-electron chi connectivity index (χ4n) is 3.40. The maximum Gasteiger partial charge on any atom is 0.417 e. The number of ether oxygens (including phenoxy) is 1. The summed E-state index contributed by atoms with van der Waals surface area (Å²) in [6.45, 7) is 3.09. The lowest BCUT2D eigenvalue weighted by atomic mass is 9.90. The van der Waals surface area contributed by atoms with Gasteiger partial charge in [-0.1, -0.05) is 12.1 Å². The summed E-state index contributed by atoms with van der Waals surface area (Å²) in [7, 11) is 0. The van der Waals surface area contributed by atoms with Crippen LogP contribution in [0.25, 0.3) is 0 Å². The highest BCUT2D eigenvalue weighted by Crippen LogP contribution is 2.41. The van der Waals surface area contributed by atoms with Crippen molar-refractivity contribution in [3.8, 4) is 11.8 Å². The van der Waals surface area contributed by atoms with Crippen molar-refractivity contribution in [1.29, 1.82) is 5.26 Å². The van der Waals surface area contributed by atoms with Crippen LogP contribution in [0.2, 0.25) is 0 Å². The zero-order valence-corrected chi connectivity index (χ0v) is 16.6. The lowest BCUT2D eigenvalue weighted by Crippen LogP contribution is -2.45. The van der Waals surface area contributed by atoms with Crippen LogP contribution in [-0.2, 0) is 21.2 Å². The van der Waals surface area contributed by atoms with Gasteiger partial charge in [-0.05, 0) is 49.7 Å². The first kappa shape index (κ1) is 22.1. The molecule has 1 aliphatic heterocycles. The number of aromatic hydroxyl groups is 1. The van der Waals surface area contributed by atoms with Crippen LogP contribution in [0.3, 0.4) is 0 Å². The summed E-state index contributed by atoms with van der Waals surface area (Å²) in [5.41, 5.74) is -3.43. The number of nitriles is 1. The van der Waals surface area contributed by atoms with E-state index in [2.05, 4.69) is 0 Å². The minimum absolute atomic E-state index is 0.0563. The first-order valence-corrected chi connectivity index (χ1v) is 9.20. The summed E-state index contributed by atoms with van der Waals surface area (Å²) in [5.74, 6) is -0.847. The number of rotatable bonds is 5. The van der Waals surface area contributed by atoms with Gasteiger partial charge in [0.2, 0.25) is 0 Å². The van der Waals surface area contributed by atoms with Crippen molar-refractivity contribution < 1.29 is 32.6 Å². The third-order valence-corrected chi connectivity index (χ3v) is 5.12. The highest BCUT2D eigenvalue weighted by atomic mass is 19.4. The van der Waals surface area contributed by atoms with Crippen LogP contribution in [-0.4, -0.2) is 35.3 Å². The number of benzene rings is 2. The Labute approximate surface area is 175 Å². The SMILES string of the molecule is CCOCN1C(=O)N(c2ccc(C#N)c(C(F)(F)F)c2)C(=O)C1(C)c1ccc(O)cc1. The molecular weight excluding hydrogens is 415 g/mol. The van der Waals surface area contributed by atoms with Gasteiger partial charge in [-0.2, -0.15) is 18.4 Å². The zero-order chi connectivity index (χ0) is 23.0. The molecule has 0 aliphatic carbocycles. The predicted octanol–water partition coefficient (Wildman–Crippen LogP) is 3.96. The molecule has 1 aliphatic rings. The number of halogens is 3. The molecule has 3 rings (SSSR count). The fourth-order valence-corrected chi connectivity index (χ4v) is 3.40. The molecule has 0 aromatic heterocycles. The number of carbonyl (C=O) groups excluding carboxylic acids is 2. The number of hydrogen-bond acceptors (Lipinski definition) is 5. The van der Waals surface area contributed by atoms with Crippen molar-refractivity contribution in [3.05, 3.63) is 59.2 Å². The minimum atomic E-state index is -4.85. The molecule has 1 heterocycles. The summed E-state index contributed by atoms with van der Waals surface area (Å²) in [4.78, 5) is 28.3. The molecule has 1 atom stereocenters. The summed E-state index contributed by atoms with van der Waals surface area (Å²) >= 11 is 0. The van der Waals surface area contributed by atoms with Crippen LogP contribution < -0.4 is 4.90 Å². The van der Waals surface area contributed by atoms with Gasteiger partial charge in [-0.15, -0.1) is 0 Å². The number of phenolic OH excluding ortho intramolecular Hbond substituents is 1. The molecule has 0 radical (unpaired) electrons. The summed E-state index contributed by atoms with van der Waals surface area (Å²) in [6, 6.07) is 8.80. The topological polar surface area (TPSA) is 93.9 Å². The largest absolute Gasteiger partial charge is 0.508 e. The summed E-state index contributed by atoms with van der Waals surface area (Å²) < 4.78 is 45.5. The Morgan fingerprint density at radius 2 is 1.81 bits per heavy atom. The second-order valence-electron chi connectivity index (χ2n) is 6.93. The average Bonchev–Trinajstić information content (AvgIpc) is 2.92. The van der Waals surface area contributed by atoms with Gasteiger partial charge >= 0.3 is 12.2 Å². The van der Waals surface area contributed by atoms with Crippen molar-refractivity contribution >= 4 is 17.6 Å². The quantitative estimate of drug-likeness (QED) is 0.721. The van der Waals surface area contributed by atoms with Gasteiger partial charge in [0.15, 0.2) is 0 Å². The summed E-state index contributed by atoms with van der Waals surface area (Å²) in [6.07, 6.45) is -4.85. The van der Waals surface area contributed by atoms with Crippen molar-refractivity contribution in [2.75, 3.05) is 18.2 Å². The Hall–Kier alpha value is -3.58. The highest BCUT2D eigenvalue weighted by Gasteiger charge is 2.56. The maximum absolute atomic E-state index is 13.4. The molecule has 3 amide bonds. The van der Waals surface area contributed by atoms with Gasteiger partial charge in [0.1, 0.15) is 18.0 Å². The number of nitrogens with zero attached hydrogens (tertiary/aromatic N) is 3. The number of alkyl halides is 3. The number of amides is 3. The molecule has 1 fully saturated rings. The maximum atomic E-state index is 13.4. The molecular formula is C21H18F3N3O4. The number of carbonyl (C=O) groups is 2. The van der Waals surface area contributed by atoms with E-state index in [9.17, 15) is 27.9 Å². The molecule has 10 heteroatoms. The Balaban J connectivity index is 2.15. The molecule has 1 saturated heterocycles. The van der Waals surface area contributed by atoms with Crippen molar-refractivity contribution in [3.63, 3.8) is 0 Å². The van der Waals surface area contributed by atoms with Gasteiger partial charge in [0, 0.05) is 6.61 Å². The molecule has 2 aromatic rings. The number of anilines is 1. The molecule has 7 nitrogen and oxygen atoms in total. The Bertz CT molecular complexity index is 1060. The molecule has 31 heavy (non-hydrogen) atoms. The number of phenols is 1. The molecule has 1 unspecified atom stereocenters. The van der Waals surface area contributed by atoms with E-state index in [1.807, 2.05) is 0 Å². The van der Waals surface area contributed by atoms with Crippen LogP contribution in [0.15, 0.2) is 42.5 Å². The minimum Gasteiger partial charge on any atom is -0.508 e. The normalized spacial score (nSPS) is 19.1. The Kier molecular flexibility index (Phi) is 5.65. The lowest BCUT2D eigenvalue weighted by molar-refractivity contribution is -0.137. The van der Waals surface area contributed by atoms with E-state index in [-0.39, 0.29) is 24.8 Å². The van der Waals surface area contributed by atoms with E-state index < -0.39 is 34.8 Å². The van der Waals surface area contributed by atoms with E-state index >= 15 is 0 Å². The zero-order valence-electron chi connectivity index (χ0n) is 16.6. The lowest BCUT2D eigenvalue weighted by Gasteiger charge is -2.31. The van der Waals surface area contributed by atoms with Gasteiger partial charge in [0.05, 0.1) is 22.9 Å². The van der Waals surface area contributed by atoms with Crippen LogP contribution in [0.1, 0.15) is 30.5 Å². The van der Waals surface area contributed by atoms with Crippen LogP contribution in [0.5, 0.6) is 5.75 Å². The van der Waals surface area contributed by atoms with E-state index in [4.69, 9.17) is 10.00 Å². The average molecular weight is 433 g/mol. The number of urea groups is 1. The molecule has 162 valence electrons. The molecule has 2 aromatic carbocycles. The highest BCUT2D eigenvalue weighted by molar-refractivity contribution is 6.23. The molecule has 0 bridgehead atoms. The van der Waals surface area contributed by atoms with E-state index in [1.54, 1.807) is 6.92 Å². The molecule has 0 saturated carbocycles. The van der Waals surface area contributed by atoms with Crippen LogP contribution in [0, 0.1) is 11.3 Å². The predicted molar refractivity (Wildman–Crippen MR) is 103 cm³/mol. The van der Waals surface area contributed by atoms with Gasteiger partial charge in [-0.3, -0.25) is 9.69 Å².